The van der Waals surface area contributed by atoms with Gasteiger partial charge in [0.2, 0.25) is 35.4 Å². The minimum atomic E-state index is -2.24. The number of hydrogen-bond donors (Lipinski definition) is 8. The molecule has 2 saturated heterocycles. The van der Waals surface area contributed by atoms with Crippen molar-refractivity contribution in [2.75, 3.05) is 23.7 Å². The van der Waals surface area contributed by atoms with Crippen LogP contribution in [-0.2, 0) is 52.6 Å². The average molecular weight is 2040 g/mol. The molecule has 4 fully saturated rings. The second-order valence-electron chi connectivity index (χ2n) is 37.4. The van der Waals surface area contributed by atoms with E-state index in [0.29, 0.717) is 73.8 Å². The lowest BCUT2D eigenvalue weighted by Gasteiger charge is -2.36. The standard InChI is InChI=1S/C40H53N7O6S.C38H48N6O7S.C7H16.C3Cl6O3.4CH4.ClH2N.ClH/c1-12-25-18-40(25,23(4)48)46-34(50)31-16-26(19-47(31)35(51)33(39(9,10)11)45-36(52)41-22(3)38(6,7)8)53-32-17-29(30-20-54-37(44-30)42-24(5)49)43-28-15-21(2)13-14-27(28)32;1-11-23-17-38(23,21(3)45)43-32(47)29-15-24(18-44(29)33(48)31(36(5,6)7)42-35(49)51-37(8,9)10)50-30-16-27(28-19-52-34(41-28)39-22(4)46)40-26-14-20(2)12-13-25(26)30;1-6(2)7(3,4)5;4-2(5,6)11-1(10)12-3(7,8)9;;;;;1-2;/h12-15,17,20,22,25-26,31,33H,1,16,18-19H2,2-11H3,(H,46,50)(H2,41,45,52)(H,42,44,49);11-14,16,19,23-24,29,31H,1,15,17-18H2,2-10H3,(H,42,49)(H,43,47)(H,39,41,46);6H,1-5H3;;4*1H4;2H2;1H/t22-,25+,26-,31+,33-,40+;23-,24+,29-,31+,38-;;;;;;;;/m10......../s1. The van der Waals surface area contributed by atoms with Gasteiger partial charge in [-0.15, -0.1) is 48.2 Å². The molecule has 132 heavy (non-hydrogen) atoms. The Labute approximate surface area is 827 Å². The smallest absolute Gasteiger partial charge is 0.488 e. The average Bonchev–Trinajstić information content (AvgIpc) is 1.58. The second-order valence-corrected chi connectivity index (χ2v) is 43.5. The van der Waals surface area contributed by atoms with E-state index >= 15 is 0 Å². The van der Waals surface area contributed by atoms with Gasteiger partial charge >= 0.3 is 26.2 Å². The highest BCUT2D eigenvalue weighted by Gasteiger charge is 2.61. The molecule has 0 spiro atoms. The first-order chi connectivity index (χ1) is 58.4. The van der Waals surface area contributed by atoms with Crippen molar-refractivity contribution >= 4 is 214 Å². The third-order valence-electron chi connectivity index (χ3n) is 21.7. The molecule has 9 N–H and O–H groups in total. The highest BCUT2D eigenvalue weighted by atomic mass is 35.6. The summed E-state index contributed by atoms with van der Waals surface area (Å²) in [6.07, 6.45) is 0.947. The van der Waals surface area contributed by atoms with Crippen molar-refractivity contribution in [2.45, 2.75) is 289 Å². The Hall–Kier alpha value is -8.15. The first kappa shape index (κ1) is 122. The number of nitrogens with one attached hydrogen (secondary N) is 7. The fraction of sp³-hybridized carbons (Fsp3) is 0.576. The van der Waals surface area contributed by atoms with Crippen LogP contribution < -0.4 is 51.9 Å². The molecule has 6 heterocycles. The van der Waals surface area contributed by atoms with E-state index in [4.69, 9.17) is 93.8 Å². The van der Waals surface area contributed by atoms with Gasteiger partial charge < -0.3 is 70.7 Å². The zero-order valence-corrected chi connectivity index (χ0v) is 84.3. The number of nitrogens with zero attached hydrogens (tertiary/aromatic N) is 6. The number of benzene rings is 2. The number of ketones is 2. The van der Waals surface area contributed by atoms with Gasteiger partial charge in [-0.2, -0.15) is 0 Å². The quantitative estimate of drug-likeness (QED) is 0.0144. The second kappa shape index (κ2) is 49.0. The topological polar surface area (TPSA) is 402 Å². The van der Waals surface area contributed by atoms with Gasteiger partial charge in [0.15, 0.2) is 21.8 Å². The van der Waals surface area contributed by atoms with Crippen molar-refractivity contribution < 1.29 is 76.4 Å². The van der Waals surface area contributed by atoms with E-state index in [2.05, 4.69) is 121 Å². The number of hydrogen-bond acceptors (Lipinski definition) is 23. The molecule has 2 aliphatic heterocycles. The van der Waals surface area contributed by atoms with Crippen LogP contribution in [0.25, 0.3) is 44.6 Å². The molecule has 30 nitrogen and oxygen atoms in total. The number of rotatable bonds is 21. The molecule has 738 valence electrons. The minimum absolute atomic E-state index is 0. The van der Waals surface area contributed by atoms with Gasteiger partial charge in [-0.25, -0.2) is 39.6 Å². The van der Waals surface area contributed by atoms with Crippen LogP contribution in [0, 0.1) is 53.3 Å². The number of pyridine rings is 2. The Bertz CT molecular complexity index is 5030. The fourth-order valence-corrected chi connectivity index (χ4v) is 15.1. The number of urea groups is 1. The summed E-state index contributed by atoms with van der Waals surface area (Å²) in [5, 5.41) is 29.8. The molecular formula is C92H136Cl8N14O16S2. The molecule has 2 saturated carbocycles. The molecule has 0 bridgehead atoms. The summed E-state index contributed by atoms with van der Waals surface area (Å²) in [5.41, 5.74) is 1.25. The minimum Gasteiger partial charge on any atom is -0.488 e. The number of ether oxygens (including phenoxy) is 5. The van der Waals surface area contributed by atoms with E-state index in [9.17, 15) is 52.7 Å². The SMILES string of the molecule is C.C.C.C.C=C[C@H]1C[C@]1(NC(=O)[C@@H]1C[C@@H](Oc2cc(-c3csc(NC(C)=O)n3)nc3cc(C)ccc23)CN1C(=O)[C@@H](NC(=O)N[C@H](C)C(C)(C)C)C(C)(C)C)C(C)=O.C=C[C@H]1C[C@]1(NC(=O)[C@@H]1C[C@@H](Oc2cc(-c3csc(NC(C)=O)n3)nc3cc(C)ccc23)CN1C(=O)[C@@H](NC(=O)OC(C)(C)C)C(C)(C)C)C(C)=O.CC(C)C(C)(C)C.Cl.NCl.O=C(OC(Cl)(Cl)Cl)OC(Cl)(Cl)Cl. The number of carbonyl (C=O) groups is 11. The number of nitrogens with two attached hydrogens (primary N) is 1. The number of halogens is 8. The third kappa shape index (κ3) is 34.6. The molecule has 0 unspecified atom stereocenters. The molecule has 4 aliphatic rings. The van der Waals surface area contributed by atoms with Crippen LogP contribution in [-0.4, -0.2) is 175 Å². The molecule has 11 atom stereocenters. The molecule has 0 radical (unpaired) electrons. The number of alkyl halides is 6. The molecule has 40 heteroatoms. The van der Waals surface area contributed by atoms with Crippen molar-refractivity contribution in [3.63, 3.8) is 0 Å². The normalized spacial score (nSPS) is 19.6. The molecule has 10 rings (SSSR count). The number of aryl methyl sites for hydroxylation is 2. The van der Waals surface area contributed by atoms with E-state index in [1.54, 1.807) is 55.8 Å². The van der Waals surface area contributed by atoms with E-state index < -0.39 is 114 Å². The number of amides is 9. The van der Waals surface area contributed by atoms with E-state index in [-0.39, 0.29) is 115 Å². The number of anilines is 2. The van der Waals surface area contributed by atoms with Gasteiger partial charge in [0.25, 0.3) is 0 Å². The Morgan fingerprint density at radius 3 is 1.14 bits per heavy atom. The summed E-state index contributed by atoms with van der Waals surface area (Å²) >= 11 is 36.9. The predicted octanol–water partition coefficient (Wildman–Crippen LogP) is 20.9. The maximum atomic E-state index is 14.6. The molecule has 4 aromatic heterocycles. The highest BCUT2D eigenvalue weighted by Crippen LogP contribution is 2.48. The largest absolute Gasteiger partial charge is 0.515 e. The lowest BCUT2D eigenvalue weighted by Crippen LogP contribution is -2.61. The zero-order valence-electron chi connectivity index (χ0n) is 76.5. The van der Waals surface area contributed by atoms with Crippen LogP contribution in [0.3, 0.4) is 0 Å². The maximum Gasteiger partial charge on any atom is 0.515 e. The van der Waals surface area contributed by atoms with Gasteiger partial charge in [-0.05, 0) is 213 Å². The summed E-state index contributed by atoms with van der Waals surface area (Å²) in [6, 6.07) is 10.4. The first-order valence-electron chi connectivity index (χ1n) is 40.9. The van der Waals surface area contributed by atoms with Crippen LogP contribution in [0.5, 0.6) is 11.5 Å². The monoisotopic (exact) mass is 2040 g/mol. The Morgan fingerprint density at radius 2 is 0.856 bits per heavy atom. The van der Waals surface area contributed by atoms with E-state index in [1.165, 1.54) is 60.2 Å². The Kier molecular flexibility index (Phi) is 45.3. The highest BCUT2D eigenvalue weighted by molar-refractivity contribution is 7.14. The number of thiazole rings is 2. The van der Waals surface area contributed by atoms with Crippen LogP contribution in [0.2, 0.25) is 0 Å². The first-order valence-corrected chi connectivity index (χ1v) is 45.3. The molecule has 9 amide bonds. The summed E-state index contributed by atoms with van der Waals surface area (Å²) in [4.78, 5) is 165. The molecule has 2 aromatic carbocycles. The number of Topliss-reactive ketones (excluding diaryl/α,β-unsaturated/α-hetero) is 2. The van der Waals surface area contributed by atoms with Crippen molar-refractivity contribution in [1.82, 2.24) is 56.3 Å². The van der Waals surface area contributed by atoms with Crippen molar-refractivity contribution in [3.8, 4) is 34.3 Å². The Morgan fingerprint density at radius 1 is 0.508 bits per heavy atom. The van der Waals surface area contributed by atoms with Gasteiger partial charge in [0.05, 0.1) is 35.5 Å². The predicted molar refractivity (Wildman–Crippen MR) is 536 cm³/mol. The summed E-state index contributed by atoms with van der Waals surface area (Å²) in [7, 11) is 0. The van der Waals surface area contributed by atoms with Crippen LogP contribution in [0.1, 0.15) is 219 Å². The number of aromatic nitrogens is 4. The number of likely N-dealkylation sites (tertiary alicyclic amines) is 2. The van der Waals surface area contributed by atoms with Gasteiger partial charge in [0, 0.05) is 78.2 Å². The molecule has 2 aliphatic carbocycles. The van der Waals surface area contributed by atoms with Crippen LogP contribution in [0.15, 0.2) is 84.6 Å². The van der Waals surface area contributed by atoms with Crippen LogP contribution >= 0.6 is 116 Å². The fourth-order valence-electron chi connectivity index (χ4n) is 13.3. The van der Waals surface area contributed by atoms with Crippen molar-refractivity contribution in [3.05, 3.63) is 95.7 Å². The van der Waals surface area contributed by atoms with E-state index in [0.717, 1.165) is 27.8 Å². The van der Waals surface area contributed by atoms with Gasteiger partial charge in [0.1, 0.15) is 75.9 Å². The number of fused-ring (bicyclic) bond motifs is 2. The Balaban J connectivity index is 0.00000105. The summed E-state index contributed by atoms with van der Waals surface area (Å²) in [5.74, 6) is -1.42. The molecular weight excluding hydrogens is 1900 g/mol. The van der Waals surface area contributed by atoms with Crippen LogP contribution in [0.4, 0.5) is 24.6 Å². The van der Waals surface area contributed by atoms with Crippen molar-refractivity contribution in [1.29, 1.82) is 0 Å². The molecule has 6 aromatic rings. The van der Waals surface area contributed by atoms with Gasteiger partial charge in [-0.3, -0.25) is 38.4 Å². The lowest BCUT2D eigenvalue weighted by molar-refractivity contribution is -0.143. The summed E-state index contributed by atoms with van der Waals surface area (Å²) < 4.78 is 22.4. The lowest BCUT2D eigenvalue weighted by atomic mass is 9.84. The van der Waals surface area contributed by atoms with Crippen molar-refractivity contribution in [2.24, 2.45) is 44.7 Å². The maximum absolute atomic E-state index is 14.6. The number of alkyl carbamates (subject to hydrolysis) is 1. The van der Waals surface area contributed by atoms with E-state index in [1.807, 2.05) is 119 Å². The number of carbonyl (C=O) groups excluding carboxylic acids is 11. The summed E-state index contributed by atoms with van der Waals surface area (Å²) in [6.45, 7) is 52.8. The third-order valence-corrected chi connectivity index (χ3v) is 23.7. The zero-order chi connectivity index (χ0) is 96.3. The van der Waals surface area contributed by atoms with Gasteiger partial charge in [-0.1, -0.05) is 151 Å².